The van der Waals surface area contributed by atoms with Crippen LogP contribution < -0.4 is 0 Å². The van der Waals surface area contributed by atoms with Crippen molar-refractivity contribution in [2.45, 2.75) is 154 Å². The maximum absolute atomic E-state index is 2.58. The minimum atomic E-state index is -0.215. The fraction of sp³-hybridized carbons (Fsp3) is 0.758. The van der Waals surface area contributed by atoms with E-state index in [0.717, 1.165) is 5.54 Å². The van der Waals surface area contributed by atoms with Crippen LogP contribution in [0.2, 0.25) is 10.6 Å². The topological polar surface area (TPSA) is 0 Å². The average molecular weight is 483 g/mol. The average Bonchev–Trinajstić information content (AvgIpc) is 3.21. The zero-order chi connectivity index (χ0) is 24.5. The third-order valence-electron chi connectivity index (χ3n) is 8.26. The van der Waals surface area contributed by atoms with E-state index in [4.69, 9.17) is 0 Å². The van der Waals surface area contributed by atoms with Crippen molar-refractivity contribution in [1.82, 2.24) is 0 Å². The Balaban J connectivity index is 1.52. The lowest BCUT2D eigenvalue weighted by Gasteiger charge is -2.30. The molecule has 0 aliphatic heterocycles. The van der Waals surface area contributed by atoms with Crippen molar-refractivity contribution in [3.8, 4) is 0 Å². The smallest absolute Gasteiger partial charge is 0.0447 e. The Morgan fingerprint density at radius 2 is 1.32 bits per heavy atom. The molecule has 1 heteroatoms. The van der Waals surface area contributed by atoms with Crippen molar-refractivity contribution in [2.24, 2.45) is 5.92 Å². The quantitative estimate of drug-likeness (QED) is 0.119. The molecular formula is C33H58Si. The van der Waals surface area contributed by atoms with Gasteiger partial charge in [-0.3, -0.25) is 0 Å². The van der Waals surface area contributed by atoms with E-state index in [-0.39, 0.29) is 9.52 Å². The van der Waals surface area contributed by atoms with Gasteiger partial charge in [0.2, 0.25) is 0 Å². The molecule has 0 N–H and O–H groups in total. The molecule has 2 rings (SSSR count). The molecule has 34 heavy (non-hydrogen) atoms. The number of rotatable bonds is 20. The summed E-state index contributed by atoms with van der Waals surface area (Å²) in [6.07, 6.45) is 40.4. The highest BCUT2D eigenvalue weighted by Crippen LogP contribution is 2.44. The SMILES string of the molecule is CCCCCCCCCCCCCCCCCCC1=C(C(C)C)C=CC1[SiH2]C1(C)C=CC=CC1. The van der Waals surface area contributed by atoms with Gasteiger partial charge in [-0.2, -0.15) is 0 Å². The van der Waals surface area contributed by atoms with Crippen LogP contribution in [0.5, 0.6) is 0 Å². The molecule has 2 unspecified atom stereocenters. The molecular weight excluding hydrogens is 424 g/mol. The van der Waals surface area contributed by atoms with Gasteiger partial charge >= 0.3 is 0 Å². The van der Waals surface area contributed by atoms with E-state index in [1.54, 1.807) is 5.57 Å². The molecule has 0 spiro atoms. The predicted molar refractivity (Wildman–Crippen MR) is 159 cm³/mol. The summed E-state index contributed by atoms with van der Waals surface area (Å²) in [5.41, 5.74) is 4.31. The lowest BCUT2D eigenvalue weighted by atomic mass is 9.95. The van der Waals surface area contributed by atoms with Crippen LogP contribution in [0.1, 0.15) is 143 Å². The van der Waals surface area contributed by atoms with Crippen molar-refractivity contribution < 1.29 is 0 Å². The molecule has 2 atom stereocenters. The van der Waals surface area contributed by atoms with E-state index >= 15 is 0 Å². The van der Waals surface area contributed by atoms with Gasteiger partial charge in [0.1, 0.15) is 0 Å². The number of hydrogen-bond donors (Lipinski definition) is 0. The summed E-state index contributed by atoms with van der Waals surface area (Å²) >= 11 is 0. The predicted octanol–water partition coefficient (Wildman–Crippen LogP) is 10.8. The minimum absolute atomic E-state index is 0.215. The molecule has 0 saturated carbocycles. The van der Waals surface area contributed by atoms with Crippen LogP contribution in [0.4, 0.5) is 0 Å². The van der Waals surface area contributed by atoms with E-state index in [2.05, 4.69) is 64.2 Å². The van der Waals surface area contributed by atoms with Gasteiger partial charge in [-0.1, -0.05) is 166 Å². The highest BCUT2D eigenvalue weighted by Gasteiger charge is 2.30. The second kappa shape index (κ2) is 17.6. The van der Waals surface area contributed by atoms with E-state index in [1.807, 2.05) is 5.57 Å². The maximum atomic E-state index is 2.58. The van der Waals surface area contributed by atoms with Crippen molar-refractivity contribution in [1.29, 1.82) is 0 Å². The minimum Gasteiger partial charge on any atom is -0.0840 e. The first-order valence-electron chi connectivity index (χ1n) is 15.3. The highest BCUT2D eigenvalue weighted by molar-refractivity contribution is 6.45. The van der Waals surface area contributed by atoms with Gasteiger partial charge in [-0.15, -0.1) is 0 Å². The first kappa shape index (κ1) is 29.4. The standard InChI is InChI=1S/C33H58Si/c1-5-6-7-8-9-10-11-12-13-14-15-16-17-18-19-21-24-31-30(29(2)3)25-26-32(31)34-33(4)27-22-20-23-28-33/h20,22-23,25-27,29,32H,5-19,21,24,28,34H2,1-4H3. The van der Waals surface area contributed by atoms with Crippen molar-refractivity contribution >= 4 is 9.52 Å². The summed E-state index contributed by atoms with van der Waals surface area (Å²) in [6, 6.07) is 0. The summed E-state index contributed by atoms with van der Waals surface area (Å²) in [5.74, 6) is 0.681. The summed E-state index contributed by atoms with van der Waals surface area (Å²) < 4.78 is 0. The Morgan fingerprint density at radius 1 is 0.794 bits per heavy atom. The second-order valence-corrected chi connectivity index (χ2v) is 14.9. The second-order valence-electron chi connectivity index (χ2n) is 12.0. The van der Waals surface area contributed by atoms with E-state index in [0.29, 0.717) is 11.0 Å². The van der Waals surface area contributed by atoms with Gasteiger partial charge in [0.15, 0.2) is 0 Å². The Morgan fingerprint density at radius 3 is 1.79 bits per heavy atom. The van der Waals surface area contributed by atoms with Crippen LogP contribution >= 0.6 is 0 Å². The molecule has 0 amide bonds. The molecule has 194 valence electrons. The molecule has 0 saturated heterocycles. The van der Waals surface area contributed by atoms with Crippen LogP contribution in [0.3, 0.4) is 0 Å². The molecule has 2 aliphatic rings. The fourth-order valence-electron chi connectivity index (χ4n) is 6.03. The Labute approximate surface area is 216 Å². The van der Waals surface area contributed by atoms with Gasteiger partial charge in [-0.05, 0) is 41.3 Å². The third-order valence-corrected chi connectivity index (χ3v) is 10.9. The van der Waals surface area contributed by atoms with E-state index in [1.165, 1.54) is 116 Å². The highest BCUT2D eigenvalue weighted by atomic mass is 28.2. The monoisotopic (exact) mass is 482 g/mol. The largest absolute Gasteiger partial charge is 0.0840 e. The van der Waals surface area contributed by atoms with Gasteiger partial charge < -0.3 is 0 Å². The van der Waals surface area contributed by atoms with E-state index in [9.17, 15) is 0 Å². The molecule has 0 aromatic heterocycles. The summed E-state index contributed by atoms with van der Waals surface area (Å²) in [7, 11) is -0.215. The Hall–Kier alpha value is -0.823. The normalized spacial score (nSPS) is 22.3. The summed E-state index contributed by atoms with van der Waals surface area (Å²) in [6.45, 7) is 9.59. The van der Waals surface area contributed by atoms with Gasteiger partial charge in [0, 0.05) is 9.52 Å². The molecule has 0 aromatic carbocycles. The number of allylic oxidation sites excluding steroid dienone is 8. The Kier molecular flexibility index (Phi) is 15.2. The number of unbranched alkanes of at least 4 members (excludes halogenated alkanes) is 15. The molecule has 0 nitrogen and oxygen atoms in total. The van der Waals surface area contributed by atoms with Crippen LogP contribution in [-0.4, -0.2) is 9.52 Å². The molecule has 0 radical (unpaired) electrons. The zero-order valence-electron chi connectivity index (χ0n) is 23.6. The molecule has 0 heterocycles. The van der Waals surface area contributed by atoms with Gasteiger partial charge in [0.05, 0.1) is 0 Å². The lowest BCUT2D eigenvalue weighted by Crippen LogP contribution is -2.20. The lowest BCUT2D eigenvalue weighted by molar-refractivity contribution is 0.529. The third kappa shape index (κ3) is 11.7. The van der Waals surface area contributed by atoms with Crippen LogP contribution in [-0.2, 0) is 0 Å². The van der Waals surface area contributed by atoms with Crippen molar-refractivity contribution in [2.75, 3.05) is 0 Å². The van der Waals surface area contributed by atoms with Gasteiger partial charge in [-0.25, -0.2) is 0 Å². The number of hydrogen-bond acceptors (Lipinski definition) is 0. The maximum Gasteiger partial charge on any atom is 0.0447 e. The Bertz CT molecular complexity index is 649. The molecule has 2 aliphatic carbocycles. The van der Waals surface area contributed by atoms with Gasteiger partial charge in [0.25, 0.3) is 0 Å². The molecule has 0 fully saturated rings. The van der Waals surface area contributed by atoms with Crippen molar-refractivity contribution in [3.63, 3.8) is 0 Å². The van der Waals surface area contributed by atoms with Crippen molar-refractivity contribution in [3.05, 3.63) is 47.6 Å². The van der Waals surface area contributed by atoms with Crippen LogP contribution in [0.25, 0.3) is 0 Å². The van der Waals surface area contributed by atoms with E-state index < -0.39 is 0 Å². The first-order valence-corrected chi connectivity index (χ1v) is 16.8. The first-order chi connectivity index (χ1) is 16.6. The van der Waals surface area contributed by atoms with Crippen LogP contribution in [0.15, 0.2) is 47.6 Å². The fourth-order valence-corrected chi connectivity index (χ4v) is 8.60. The van der Waals surface area contributed by atoms with Crippen LogP contribution in [0, 0.1) is 5.92 Å². The molecule has 0 bridgehead atoms. The summed E-state index contributed by atoms with van der Waals surface area (Å²) in [5, 5.41) is 0.468. The zero-order valence-corrected chi connectivity index (χ0v) is 25.0. The summed E-state index contributed by atoms with van der Waals surface area (Å²) in [4.78, 5) is 0. The molecule has 0 aromatic rings.